The van der Waals surface area contributed by atoms with Crippen molar-refractivity contribution < 1.29 is 4.79 Å². The van der Waals surface area contributed by atoms with Crippen molar-refractivity contribution in [1.29, 1.82) is 0 Å². The molecular weight excluding hydrogens is 396 g/mol. The number of hydrogen-bond acceptors (Lipinski definition) is 6. The topological polar surface area (TPSA) is 75.9 Å². The van der Waals surface area contributed by atoms with Crippen molar-refractivity contribution >= 4 is 38.4 Å². The maximum atomic E-state index is 12.9. The van der Waals surface area contributed by atoms with Gasteiger partial charge in [0.05, 0.1) is 22.7 Å². The van der Waals surface area contributed by atoms with Crippen molar-refractivity contribution in [3.05, 3.63) is 66.6 Å². The van der Waals surface area contributed by atoms with Crippen LogP contribution >= 0.6 is 11.3 Å². The second-order valence-corrected chi connectivity index (χ2v) is 8.51. The van der Waals surface area contributed by atoms with E-state index in [-0.39, 0.29) is 11.8 Å². The van der Waals surface area contributed by atoms with E-state index in [1.54, 1.807) is 22.2 Å². The van der Waals surface area contributed by atoms with Crippen molar-refractivity contribution in [2.45, 2.75) is 19.4 Å². The zero-order valence-corrected chi connectivity index (χ0v) is 17.3. The molecule has 1 N–H and O–H groups in total. The molecule has 4 aromatic rings. The molecule has 8 heteroatoms. The molecule has 1 amide bonds. The van der Waals surface area contributed by atoms with Gasteiger partial charge in [-0.1, -0.05) is 29.5 Å². The van der Waals surface area contributed by atoms with Crippen LogP contribution in [0.4, 0.5) is 10.9 Å². The number of fused-ring (bicyclic) bond motifs is 1. The highest BCUT2D eigenvalue weighted by Gasteiger charge is 2.28. The van der Waals surface area contributed by atoms with E-state index in [9.17, 15) is 4.79 Å². The quantitative estimate of drug-likeness (QED) is 0.534. The zero-order chi connectivity index (χ0) is 20.3. The van der Waals surface area contributed by atoms with Crippen LogP contribution in [0.25, 0.3) is 10.2 Å². The van der Waals surface area contributed by atoms with Gasteiger partial charge in [-0.05, 0) is 36.6 Å². The molecular formula is C22H22N6OS. The van der Waals surface area contributed by atoms with E-state index >= 15 is 0 Å². The van der Waals surface area contributed by atoms with Crippen LogP contribution in [0.5, 0.6) is 0 Å². The third-order valence-corrected chi connectivity index (χ3v) is 6.40. The first-order valence-corrected chi connectivity index (χ1v) is 10.9. The summed E-state index contributed by atoms with van der Waals surface area (Å²) in [6.07, 6.45) is 7.29. The molecule has 1 saturated heterocycles. The van der Waals surface area contributed by atoms with Gasteiger partial charge >= 0.3 is 0 Å². The van der Waals surface area contributed by atoms with Crippen LogP contribution in [-0.2, 0) is 11.3 Å². The molecule has 0 spiro atoms. The summed E-state index contributed by atoms with van der Waals surface area (Å²) in [7, 11) is 0. The fourth-order valence-electron chi connectivity index (χ4n) is 3.78. The van der Waals surface area contributed by atoms with Crippen LogP contribution in [0, 0.1) is 5.92 Å². The number of benzene rings is 1. The van der Waals surface area contributed by atoms with E-state index in [4.69, 9.17) is 4.98 Å². The first-order valence-electron chi connectivity index (χ1n) is 10.1. The number of pyridine rings is 1. The van der Waals surface area contributed by atoms with E-state index in [1.807, 2.05) is 48.8 Å². The van der Waals surface area contributed by atoms with E-state index < -0.39 is 0 Å². The highest BCUT2D eigenvalue weighted by molar-refractivity contribution is 7.22. The maximum Gasteiger partial charge on any atom is 0.230 e. The Hall–Kier alpha value is -3.26. The molecule has 1 atom stereocenters. The Balaban J connectivity index is 1.23. The summed E-state index contributed by atoms with van der Waals surface area (Å²) in [5.74, 6) is 0.530. The number of piperidine rings is 1. The molecule has 0 bridgehead atoms. The highest BCUT2D eigenvalue weighted by atomic mass is 32.1. The standard InChI is InChI=1S/C22H22N6OS/c29-21(25-20-9-12-28(26-20)14-16-5-3-10-23-13-16)17-6-4-11-27(15-17)22-24-18-7-1-2-8-19(18)30-22/h1-3,5,7-10,12-13,17H,4,6,11,14-15H2,(H,25,26,29)/t17-/m1/s1. The number of amides is 1. The number of aromatic nitrogens is 4. The van der Waals surface area contributed by atoms with Crippen LogP contribution < -0.4 is 10.2 Å². The number of para-hydroxylation sites is 1. The minimum absolute atomic E-state index is 0.0208. The molecule has 5 rings (SSSR count). The molecule has 3 aromatic heterocycles. The molecule has 1 aromatic carbocycles. The molecule has 1 aliphatic rings. The van der Waals surface area contributed by atoms with Crippen molar-refractivity contribution in [3.63, 3.8) is 0 Å². The first-order chi connectivity index (χ1) is 14.7. The van der Waals surface area contributed by atoms with E-state index in [2.05, 4.69) is 26.4 Å². The summed E-state index contributed by atoms with van der Waals surface area (Å²) in [5, 5.41) is 8.46. The monoisotopic (exact) mass is 418 g/mol. The third kappa shape index (κ3) is 4.04. The van der Waals surface area contributed by atoms with Crippen LogP contribution in [0.1, 0.15) is 18.4 Å². The van der Waals surface area contributed by atoms with Crippen molar-refractivity contribution in [2.75, 3.05) is 23.3 Å². The summed E-state index contributed by atoms with van der Waals surface area (Å²) < 4.78 is 2.99. The SMILES string of the molecule is O=C(Nc1ccn(Cc2cccnc2)n1)[C@@H]1CCCN(c2nc3ccccc3s2)C1. The van der Waals surface area contributed by atoms with Gasteiger partial charge in [-0.15, -0.1) is 0 Å². The Morgan fingerprint density at radius 1 is 1.20 bits per heavy atom. The summed E-state index contributed by atoms with van der Waals surface area (Å²) in [6, 6.07) is 13.9. The van der Waals surface area contributed by atoms with Gasteiger partial charge in [-0.2, -0.15) is 5.10 Å². The molecule has 0 unspecified atom stereocenters. The molecule has 1 fully saturated rings. The lowest BCUT2D eigenvalue weighted by atomic mass is 9.97. The lowest BCUT2D eigenvalue weighted by Gasteiger charge is -2.31. The molecule has 1 aliphatic heterocycles. The van der Waals surface area contributed by atoms with Crippen LogP contribution in [0.2, 0.25) is 0 Å². The van der Waals surface area contributed by atoms with Gasteiger partial charge in [0.25, 0.3) is 0 Å². The van der Waals surface area contributed by atoms with Gasteiger partial charge in [0, 0.05) is 37.7 Å². The minimum Gasteiger partial charge on any atom is -0.347 e. The summed E-state index contributed by atoms with van der Waals surface area (Å²) in [6.45, 7) is 2.24. The molecule has 30 heavy (non-hydrogen) atoms. The van der Waals surface area contributed by atoms with Gasteiger partial charge in [-0.25, -0.2) is 4.98 Å². The Morgan fingerprint density at radius 2 is 2.13 bits per heavy atom. The van der Waals surface area contributed by atoms with Crippen LogP contribution in [0.3, 0.4) is 0 Å². The second kappa shape index (κ2) is 8.23. The largest absolute Gasteiger partial charge is 0.347 e. The zero-order valence-electron chi connectivity index (χ0n) is 16.4. The number of carbonyl (C=O) groups excluding carboxylic acids is 1. The smallest absolute Gasteiger partial charge is 0.230 e. The Labute approximate surface area is 178 Å². The van der Waals surface area contributed by atoms with Gasteiger partial charge in [0.15, 0.2) is 10.9 Å². The lowest BCUT2D eigenvalue weighted by molar-refractivity contribution is -0.120. The van der Waals surface area contributed by atoms with Gasteiger partial charge in [0.1, 0.15) is 0 Å². The predicted octanol–water partition coefficient (Wildman–Crippen LogP) is 3.79. The Kier molecular flexibility index (Phi) is 5.15. The van der Waals surface area contributed by atoms with Gasteiger partial charge < -0.3 is 10.2 Å². The summed E-state index contributed by atoms with van der Waals surface area (Å²) >= 11 is 1.69. The fourth-order valence-corrected chi connectivity index (χ4v) is 4.78. The normalized spacial score (nSPS) is 16.7. The number of anilines is 2. The van der Waals surface area contributed by atoms with E-state index in [0.717, 1.165) is 35.6 Å². The number of nitrogens with zero attached hydrogens (tertiary/aromatic N) is 5. The highest BCUT2D eigenvalue weighted by Crippen LogP contribution is 2.31. The average molecular weight is 419 g/mol. The summed E-state index contributed by atoms with van der Waals surface area (Å²) in [5.41, 5.74) is 2.08. The average Bonchev–Trinajstić information content (AvgIpc) is 3.41. The second-order valence-electron chi connectivity index (χ2n) is 7.50. The Morgan fingerprint density at radius 3 is 3.00 bits per heavy atom. The molecule has 152 valence electrons. The van der Waals surface area contributed by atoms with E-state index in [0.29, 0.717) is 18.9 Å². The third-order valence-electron chi connectivity index (χ3n) is 5.30. The lowest BCUT2D eigenvalue weighted by Crippen LogP contribution is -2.40. The van der Waals surface area contributed by atoms with Crippen LogP contribution in [-0.4, -0.2) is 38.7 Å². The predicted molar refractivity (Wildman–Crippen MR) is 119 cm³/mol. The van der Waals surface area contributed by atoms with E-state index in [1.165, 1.54) is 4.70 Å². The maximum absolute atomic E-state index is 12.9. The number of rotatable bonds is 5. The van der Waals surface area contributed by atoms with Crippen molar-refractivity contribution in [2.24, 2.45) is 5.92 Å². The first kappa shape index (κ1) is 18.7. The number of nitrogens with one attached hydrogen (secondary N) is 1. The molecule has 0 saturated carbocycles. The van der Waals surface area contributed by atoms with Crippen molar-refractivity contribution in [1.82, 2.24) is 19.7 Å². The fraction of sp³-hybridized carbons (Fsp3) is 0.273. The molecule has 4 heterocycles. The Bertz CT molecular complexity index is 1120. The number of carbonyl (C=O) groups is 1. The molecule has 0 aliphatic carbocycles. The number of thiazole rings is 1. The minimum atomic E-state index is -0.0748. The van der Waals surface area contributed by atoms with Crippen molar-refractivity contribution in [3.8, 4) is 0 Å². The van der Waals surface area contributed by atoms with Crippen LogP contribution in [0.15, 0.2) is 61.1 Å². The van der Waals surface area contributed by atoms with Gasteiger partial charge in [-0.3, -0.25) is 14.5 Å². The number of hydrogen-bond donors (Lipinski definition) is 1. The molecule has 7 nitrogen and oxygen atoms in total. The molecule has 0 radical (unpaired) electrons. The summed E-state index contributed by atoms with van der Waals surface area (Å²) in [4.78, 5) is 24.0. The van der Waals surface area contributed by atoms with Gasteiger partial charge in [0.2, 0.25) is 5.91 Å².